The Bertz CT molecular complexity index is 1160. The van der Waals surface area contributed by atoms with Crippen molar-refractivity contribution in [3.63, 3.8) is 0 Å². The van der Waals surface area contributed by atoms with Gasteiger partial charge in [-0.2, -0.15) is 0 Å². The minimum atomic E-state index is -4.92. The van der Waals surface area contributed by atoms with Crippen molar-refractivity contribution in [2.24, 2.45) is 0 Å². The fourth-order valence-corrected chi connectivity index (χ4v) is 2.54. The third-order valence-electron chi connectivity index (χ3n) is 3.92. The van der Waals surface area contributed by atoms with Gasteiger partial charge in [0, 0.05) is 11.2 Å². The van der Waals surface area contributed by atoms with E-state index in [2.05, 4.69) is 20.1 Å². The number of ether oxygens (including phenoxy) is 3. The van der Waals surface area contributed by atoms with Crippen molar-refractivity contribution in [2.45, 2.75) is 13.3 Å². The molecule has 2 aromatic heterocycles. The lowest BCUT2D eigenvalue weighted by molar-refractivity contribution is -0.668. The minimum absolute atomic E-state index is 0.0334. The van der Waals surface area contributed by atoms with Crippen molar-refractivity contribution in [3.05, 3.63) is 65.1 Å². The Morgan fingerprint density at radius 1 is 1.19 bits per heavy atom. The highest BCUT2D eigenvalue weighted by Gasteiger charge is 2.31. The molecule has 0 unspecified atom stereocenters. The number of halogens is 4. The van der Waals surface area contributed by atoms with Crippen LogP contribution in [0.4, 0.5) is 23.2 Å². The van der Waals surface area contributed by atoms with Crippen LogP contribution in [0.15, 0.2) is 42.9 Å². The number of alkyl halides is 3. The lowest BCUT2D eigenvalue weighted by Gasteiger charge is -2.16. The second-order valence-electron chi connectivity index (χ2n) is 6.13. The van der Waals surface area contributed by atoms with E-state index in [4.69, 9.17) is 9.47 Å². The maximum atomic E-state index is 14.8. The molecule has 0 radical (unpaired) electrons. The highest BCUT2D eigenvalue weighted by Crippen LogP contribution is 2.37. The molecule has 0 aliphatic carbocycles. The van der Waals surface area contributed by atoms with E-state index in [0.717, 1.165) is 36.8 Å². The van der Waals surface area contributed by atoms with E-state index in [1.165, 1.54) is 20.1 Å². The average Bonchev–Trinajstić information content (AvgIpc) is 2.70. The van der Waals surface area contributed by atoms with E-state index < -0.39 is 29.4 Å². The summed E-state index contributed by atoms with van der Waals surface area (Å²) in [6.07, 6.45) is -1.78. The van der Waals surface area contributed by atoms with E-state index in [0.29, 0.717) is 0 Å². The van der Waals surface area contributed by atoms with Gasteiger partial charge in [-0.15, -0.1) is 13.2 Å². The number of methoxy groups -OCH3 is 1. The molecule has 1 aromatic carbocycles. The molecule has 9 nitrogen and oxygen atoms in total. The van der Waals surface area contributed by atoms with Crippen LogP contribution in [0.25, 0.3) is 0 Å². The van der Waals surface area contributed by atoms with Gasteiger partial charge in [0.05, 0.1) is 25.2 Å². The van der Waals surface area contributed by atoms with Crippen LogP contribution in [0.2, 0.25) is 0 Å². The molecule has 0 atom stereocenters. The van der Waals surface area contributed by atoms with Crippen LogP contribution in [0.3, 0.4) is 0 Å². The molecule has 0 spiro atoms. The van der Waals surface area contributed by atoms with E-state index in [1.54, 1.807) is 0 Å². The highest BCUT2D eigenvalue weighted by molar-refractivity contribution is 6.06. The van der Waals surface area contributed by atoms with E-state index in [1.807, 2.05) is 0 Å². The van der Waals surface area contributed by atoms with Crippen molar-refractivity contribution in [2.75, 3.05) is 12.4 Å². The molecule has 1 N–H and O–H groups in total. The van der Waals surface area contributed by atoms with E-state index in [-0.39, 0.29) is 33.5 Å². The summed E-state index contributed by atoms with van der Waals surface area (Å²) < 4.78 is 66.4. The second kappa shape index (κ2) is 8.91. The lowest BCUT2D eigenvalue weighted by atomic mass is 10.1. The molecule has 0 saturated carbocycles. The number of carbonyl (C=O) groups excluding carboxylic acids is 1. The van der Waals surface area contributed by atoms with Crippen LogP contribution in [0, 0.1) is 17.9 Å². The van der Waals surface area contributed by atoms with Gasteiger partial charge in [0.2, 0.25) is 6.20 Å². The maximum Gasteiger partial charge on any atom is 0.573 e. The summed E-state index contributed by atoms with van der Waals surface area (Å²) in [6.45, 7) is 1.32. The number of nitrogens with zero attached hydrogens (tertiary/aromatic N) is 3. The number of carbonyl (C=O) groups is 1. The van der Waals surface area contributed by atoms with E-state index >= 15 is 0 Å². The summed E-state index contributed by atoms with van der Waals surface area (Å²) in [5, 5.41) is 17.0. The molecule has 0 saturated heterocycles. The number of hydrogen-bond acceptors (Lipinski definition) is 7. The predicted molar refractivity (Wildman–Crippen MR) is 99.8 cm³/mol. The second-order valence-corrected chi connectivity index (χ2v) is 6.13. The van der Waals surface area contributed by atoms with Crippen LogP contribution in [-0.2, 0) is 0 Å². The molecule has 0 bridgehead atoms. The van der Waals surface area contributed by atoms with Gasteiger partial charge in [0.1, 0.15) is 17.0 Å². The monoisotopic (exact) mass is 454 g/mol. The van der Waals surface area contributed by atoms with Crippen molar-refractivity contribution in [1.82, 2.24) is 10.1 Å². The highest BCUT2D eigenvalue weighted by atomic mass is 19.4. The first-order chi connectivity index (χ1) is 15.1. The first-order valence-corrected chi connectivity index (χ1v) is 8.71. The van der Waals surface area contributed by atoms with Gasteiger partial charge in [0.15, 0.2) is 23.1 Å². The van der Waals surface area contributed by atoms with Gasteiger partial charge in [-0.05, 0) is 25.1 Å². The first kappa shape index (κ1) is 22.5. The largest absolute Gasteiger partial charge is 0.594 e. The molecule has 3 rings (SSSR count). The van der Waals surface area contributed by atoms with Crippen LogP contribution in [-0.4, -0.2) is 29.5 Å². The number of aromatic nitrogens is 3. The quantitative estimate of drug-likeness (QED) is 0.345. The van der Waals surface area contributed by atoms with Gasteiger partial charge < -0.3 is 24.7 Å². The molecular weight excluding hydrogens is 440 g/mol. The third-order valence-corrected chi connectivity index (χ3v) is 3.92. The minimum Gasteiger partial charge on any atom is -0.594 e. The number of nitrogens with one attached hydrogen (secondary N) is 1. The summed E-state index contributed by atoms with van der Waals surface area (Å²) in [5.74, 6) is -3.21. The Kier molecular flexibility index (Phi) is 6.27. The molecular formula is C19H14F4N4O5. The van der Waals surface area contributed by atoms with Crippen molar-refractivity contribution in [1.29, 1.82) is 0 Å². The van der Waals surface area contributed by atoms with Gasteiger partial charge in [-0.1, -0.05) is 4.85 Å². The predicted octanol–water partition coefficient (Wildman–Crippen LogP) is 3.51. The van der Waals surface area contributed by atoms with Gasteiger partial charge in [-0.25, -0.2) is 4.39 Å². The number of aryl methyl sites for hydroxylation is 1. The number of pyridine rings is 1. The van der Waals surface area contributed by atoms with Crippen molar-refractivity contribution >= 4 is 11.6 Å². The van der Waals surface area contributed by atoms with Gasteiger partial charge >= 0.3 is 6.36 Å². The molecule has 1 amide bonds. The maximum absolute atomic E-state index is 14.8. The van der Waals surface area contributed by atoms with Crippen LogP contribution < -0.4 is 24.4 Å². The van der Waals surface area contributed by atoms with Crippen LogP contribution >= 0.6 is 0 Å². The summed E-state index contributed by atoms with van der Waals surface area (Å²) in [7, 11) is 1.17. The topological polar surface area (TPSA) is 110 Å². The molecule has 0 aliphatic heterocycles. The molecule has 32 heavy (non-hydrogen) atoms. The van der Waals surface area contributed by atoms with E-state index in [9.17, 15) is 27.6 Å². The zero-order chi connectivity index (χ0) is 23.5. The third kappa shape index (κ3) is 5.30. The fraction of sp³-hybridized carbons (Fsp3) is 0.158. The molecule has 0 aliphatic rings. The molecule has 168 valence electrons. The summed E-state index contributed by atoms with van der Waals surface area (Å²) in [6, 6.07) is 4.25. The normalized spacial score (nSPS) is 11.1. The number of benzene rings is 1. The Hall–Kier alpha value is -4.16. The van der Waals surface area contributed by atoms with Gasteiger partial charge in [-0.3, -0.25) is 9.78 Å². The summed E-state index contributed by atoms with van der Waals surface area (Å²) >= 11 is 0. The molecule has 2 heterocycles. The standard InChI is InChI=1S/C19H14F4N4O5/c1-10-17(20)16(18(28)26-11-5-6-25-27(29)9-11)15(8-24-10)31-13-4-3-12(7-14(13)30-2)32-19(21,22)23/h3-9H,1-2H3,(H,26,28). The Labute approximate surface area is 177 Å². The number of hydrogen-bond donors (Lipinski definition) is 1. The lowest BCUT2D eigenvalue weighted by Crippen LogP contribution is -2.30. The smallest absolute Gasteiger partial charge is 0.573 e. The number of anilines is 1. The van der Waals surface area contributed by atoms with Crippen LogP contribution in [0.1, 0.15) is 16.1 Å². The number of amides is 1. The van der Waals surface area contributed by atoms with Crippen LogP contribution in [0.5, 0.6) is 23.0 Å². The molecule has 0 fully saturated rings. The number of rotatable bonds is 6. The molecule has 3 aromatic rings. The SMILES string of the molecule is COc1cc(OC(F)(F)F)ccc1Oc1cnc(C)c(F)c1C(=O)Nc1ccn[n+]([O-])c1. The zero-order valence-corrected chi connectivity index (χ0v) is 16.4. The Morgan fingerprint density at radius 2 is 1.94 bits per heavy atom. The zero-order valence-electron chi connectivity index (χ0n) is 16.4. The Balaban J connectivity index is 1.95. The first-order valence-electron chi connectivity index (χ1n) is 8.71. The van der Waals surface area contributed by atoms with Crippen molar-refractivity contribution < 1.29 is 41.4 Å². The Morgan fingerprint density at radius 3 is 2.59 bits per heavy atom. The summed E-state index contributed by atoms with van der Waals surface area (Å²) in [4.78, 5) is 16.7. The van der Waals surface area contributed by atoms with Crippen molar-refractivity contribution in [3.8, 4) is 23.0 Å². The van der Waals surface area contributed by atoms with Gasteiger partial charge in [0.25, 0.3) is 5.91 Å². The molecule has 13 heteroatoms. The summed E-state index contributed by atoms with van der Waals surface area (Å²) in [5.41, 5.74) is -0.632. The average molecular weight is 454 g/mol. The fourth-order valence-electron chi connectivity index (χ4n) is 2.54.